The minimum Gasteiger partial charge on any atom is -0.453 e. The van der Waals surface area contributed by atoms with Crippen molar-refractivity contribution in [3.63, 3.8) is 0 Å². The number of rotatable bonds is 10. The van der Waals surface area contributed by atoms with Gasteiger partial charge in [-0.1, -0.05) is 26.3 Å². The molecule has 0 spiro atoms. The van der Waals surface area contributed by atoms with Crippen molar-refractivity contribution in [1.29, 1.82) is 0 Å². The summed E-state index contributed by atoms with van der Waals surface area (Å²) in [6.07, 6.45) is 0.121. The number of hydrogen-bond acceptors (Lipinski definition) is 9. The lowest BCUT2D eigenvalue weighted by Gasteiger charge is -2.40. The molecule has 152 valence electrons. The highest BCUT2D eigenvalue weighted by Gasteiger charge is 2.50. The van der Waals surface area contributed by atoms with Crippen LogP contribution < -0.4 is 0 Å². The summed E-state index contributed by atoms with van der Waals surface area (Å²) < 4.78 is 32.2. The molecule has 5 atom stereocenters. The van der Waals surface area contributed by atoms with Crippen molar-refractivity contribution in [3.8, 4) is 0 Å². The van der Waals surface area contributed by atoms with E-state index in [1.807, 2.05) is 0 Å². The maximum absolute atomic E-state index is 11.8. The van der Waals surface area contributed by atoms with Gasteiger partial charge in [-0.2, -0.15) is 0 Å². The van der Waals surface area contributed by atoms with Gasteiger partial charge in [-0.05, 0) is 6.08 Å². The third-order valence-corrected chi connectivity index (χ3v) is 4.04. The van der Waals surface area contributed by atoms with Gasteiger partial charge in [-0.3, -0.25) is 0 Å². The van der Waals surface area contributed by atoms with Crippen LogP contribution in [0.25, 0.3) is 0 Å². The summed E-state index contributed by atoms with van der Waals surface area (Å²) in [6, 6.07) is 0. The van der Waals surface area contributed by atoms with Crippen molar-refractivity contribution in [1.82, 2.24) is 0 Å². The van der Waals surface area contributed by atoms with Gasteiger partial charge in [0.15, 0.2) is 18.3 Å². The summed E-state index contributed by atoms with van der Waals surface area (Å²) >= 11 is 0. The van der Waals surface area contributed by atoms with E-state index in [0.717, 1.165) is 18.2 Å². The second-order valence-corrected chi connectivity index (χ2v) is 5.88. The van der Waals surface area contributed by atoms with Crippen molar-refractivity contribution in [2.75, 3.05) is 19.8 Å². The smallest absolute Gasteiger partial charge is 0.330 e. The van der Waals surface area contributed by atoms with E-state index in [9.17, 15) is 14.4 Å². The van der Waals surface area contributed by atoms with E-state index in [1.54, 1.807) is 0 Å². The van der Waals surface area contributed by atoms with Crippen molar-refractivity contribution in [2.24, 2.45) is 0 Å². The molecule has 2 fully saturated rings. The van der Waals surface area contributed by atoms with E-state index >= 15 is 0 Å². The standard InChI is InChI=1S/C19H22O9/c1-5-14(20)26-13-9-23-12(10-24-19(8-4)11-25-19)17(27-15(21)6-2)18(13)28-16(22)7-3/h5-8,12-13,17-18H,1-4,9-11H2/t12?,13-,17?,18-,19?/m1/s1. The Balaban J connectivity index is 2.23. The quantitative estimate of drug-likeness (QED) is 0.173. The van der Waals surface area contributed by atoms with Gasteiger partial charge in [0.05, 0.1) is 13.2 Å². The number of carbonyl (C=O) groups is 3. The first kappa shape index (κ1) is 21.5. The highest BCUT2D eigenvalue weighted by Crippen LogP contribution is 2.32. The van der Waals surface area contributed by atoms with Gasteiger partial charge in [-0.25, -0.2) is 14.4 Å². The first-order valence-electron chi connectivity index (χ1n) is 8.40. The van der Waals surface area contributed by atoms with Crippen LogP contribution in [0.5, 0.6) is 0 Å². The van der Waals surface area contributed by atoms with Crippen molar-refractivity contribution in [2.45, 2.75) is 30.2 Å². The van der Waals surface area contributed by atoms with Crippen molar-refractivity contribution in [3.05, 3.63) is 50.6 Å². The fourth-order valence-corrected chi connectivity index (χ4v) is 2.48. The van der Waals surface area contributed by atoms with E-state index in [0.29, 0.717) is 6.61 Å². The van der Waals surface area contributed by atoms with Crippen LogP contribution >= 0.6 is 0 Å². The largest absolute Gasteiger partial charge is 0.453 e. The van der Waals surface area contributed by atoms with Gasteiger partial charge in [0, 0.05) is 18.2 Å². The molecule has 2 heterocycles. The first-order chi connectivity index (χ1) is 13.4. The molecule has 0 N–H and O–H groups in total. The number of ether oxygens (including phenoxy) is 6. The Morgan fingerprint density at radius 3 is 1.96 bits per heavy atom. The molecule has 9 nitrogen and oxygen atoms in total. The minimum absolute atomic E-state index is 0.0641. The summed E-state index contributed by atoms with van der Waals surface area (Å²) in [5.74, 6) is -3.25. The maximum Gasteiger partial charge on any atom is 0.330 e. The summed E-state index contributed by atoms with van der Waals surface area (Å²) in [6.45, 7) is 13.7. The van der Waals surface area contributed by atoms with E-state index in [1.165, 1.54) is 6.08 Å². The Kier molecular flexibility index (Phi) is 7.27. The Morgan fingerprint density at radius 1 is 0.929 bits per heavy atom. The molecule has 0 aliphatic carbocycles. The fraction of sp³-hybridized carbons (Fsp3) is 0.421. The average Bonchev–Trinajstić information content (AvgIpc) is 3.49. The highest BCUT2D eigenvalue weighted by molar-refractivity contribution is 5.83. The Bertz CT molecular complexity index is 664. The molecule has 9 heteroatoms. The van der Waals surface area contributed by atoms with Gasteiger partial charge in [0.25, 0.3) is 0 Å². The lowest BCUT2D eigenvalue weighted by molar-refractivity contribution is -0.232. The second-order valence-electron chi connectivity index (χ2n) is 5.88. The molecule has 2 saturated heterocycles. The molecule has 0 aromatic rings. The maximum atomic E-state index is 11.8. The van der Waals surface area contributed by atoms with E-state index in [2.05, 4.69) is 26.3 Å². The average molecular weight is 394 g/mol. The van der Waals surface area contributed by atoms with Gasteiger partial charge >= 0.3 is 17.9 Å². The summed E-state index contributed by atoms with van der Waals surface area (Å²) in [7, 11) is 0. The molecule has 0 radical (unpaired) electrons. The van der Waals surface area contributed by atoms with Gasteiger partial charge < -0.3 is 28.4 Å². The van der Waals surface area contributed by atoms with Crippen LogP contribution in [0.4, 0.5) is 0 Å². The SMILES string of the molecule is C=CC(=O)OC1C(COC2(C=C)CO2)OC[C@@H](OC(=O)C=C)[C@H]1OC(=O)C=C. The molecule has 0 aromatic heterocycles. The molecular weight excluding hydrogens is 372 g/mol. The summed E-state index contributed by atoms with van der Waals surface area (Å²) in [5, 5.41) is 0. The molecule has 2 rings (SSSR count). The van der Waals surface area contributed by atoms with Crippen LogP contribution in [0.2, 0.25) is 0 Å². The number of hydrogen-bond donors (Lipinski definition) is 0. The monoisotopic (exact) mass is 394 g/mol. The summed E-state index contributed by atoms with van der Waals surface area (Å²) in [4.78, 5) is 35.2. The minimum atomic E-state index is -1.17. The normalized spacial score (nSPS) is 31.0. The van der Waals surface area contributed by atoms with Gasteiger partial charge in [0.1, 0.15) is 12.7 Å². The number of esters is 3. The lowest BCUT2D eigenvalue weighted by atomic mass is 9.99. The molecule has 0 saturated carbocycles. The fourth-order valence-electron chi connectivity index (χ4n) is 2.48. The van der Waals surface area contributed by atoms with Crippen LogP contribution in [0.15, 0.2) is 50.6 Å². The van der Waals surface area contributed by atoms with Crippen molar-refractivity contribution >= 4 is 17.9 Å². The highest BCUT2D eigenvalue weighted by atomic mass is 16.8. The molecule has 28 heavy (non-hydrogen) atoms. The van der Waals surface area contributed by atoms with Gasteiger partial charge in [-0.15, -0.1) is 0 Å². The van der Waals surface area contributed by atoms with E-state index in [-0.39, 0.29) is 13.2 Å². The number of carbonyl (C=O) groups excluding carboxylic acids is 3. The topological polar surface area (TPSA) is 110 Å². The van der Waals surface area contributed by atoms with Crippen LogP contribution in [-0.4, -0.2) is 67.9 Å². The van der Waals surface area contributed by atoms with Gasteiger partial charge in [0.2, 0.25) is 5.79 Å². The van der Waals surface area contributed by atoms with Crippen molar-refractivity contribution < 1.29 is 42.8 Å². The van der Waals surface area contributed by atoms with Crippen LogP contribution in [0, 0.1) is 0 Å². The van der Waals surface area contributed by atoms with Crippen LogP contribution in [-0.2, 0) is 42.8 Å². The third kappa shape index (κ3) is 5.38. The first-order valence-corrected chi connectivity index (χ1v) is 8.40. The Morgan fingerprint density at radius 2 is 1.46 bits per heavy atom. The molecule has 2 aliphatic rings. The van der Waals surface area contributed by atoms with Crippen LogP contribution in [0.3, 0.4) is 0 Å². The predicted octanol–water partition coefficient (Wildman–Crippen LogP) is 0.608. The third-order valence-electron chi connectivity index (χ3n) is 4.04. The second kappa shape index (κ2) is 9.45. The zero-order valence-electron chi connectivity index (χ0n) is 15.2. The lowest BCUT2D eigenvalue weighted by Crippen LogP contribution is -2.58. The molecular formula is C19H22O9. The van der Waals surface area contributed by atoms with E-state index < -0.39 is 48.1 Å². The molecule has 0 amide bonds. The Hall–Kier alpha value is -2.75. The zero-order valence-corrected chi connectivity index (χ0v) is 15.2. The molecule has 2 aliphatic heterocycles. The summed E-state index contributed by atoms with van der Waals surface area (Å²) in [5.41, 5.74) is 0. The molecule has 0 bridgehead atoms. The van der Waals surface area contributed by atoms with E-state index in [4.69, 9.17) is 28.4 Å². The zero-order chi connectivity index (χ0) is 20.7. The molecule has 3 unspecified atom stereocenters. The van der Waals surface area contributed by atoms with Crippen LogP contribution in [0.1, 0.15) is 0 Å². The number of epoxide rings is 1. The Labute approximate surface area is 162 Å². The predicted molar refractivity (Wildman–Crippen MR) is 94.8 cm³/mol. The molecule has 0 aromatic carbocycles.